The van der Waals surface area contributed by atoms with Crippen molar-refractivity contribution >= 4 is 51.7 Å². The molecule has 29 heavy (non-hydrogen) atoms. The van der Waals surface area contributed by atoms with E-state index in [1.807, 2.05) is 6.92 Å². The highest BCUT2D eigenvalue weighted by molar-refractivity contribution is 6.37. The number of amides is 2. The Kier molecular flexibility index (Phi) is 6.32. The number of rotatable bonds is 7. The minimum absolute atomic E-state index is 0.00524. The Morgan fingerprint density at radius 1 is 1.24 bits per heavy atom. The molecule has 1 atom stereocenters. The third kappa shape index (κ3) is 4.64. The van der Waals surface area contributed by atoms with E-state index in [2.05, 4.69) is 5.32 Å². The van der Waals surface area contributed by atoms with Crippen LogP contribution in [0.15, 0.2) is 40.8 Å². The number of benzene rings is 2. The average Bonchev–Trinajstić information content (AvgIpc) is 3.04. The zero-order valence-electron chi connectivity index (χ0n) is 15.4. The van der Waals surface area contributed by atoms with Gasteiger partial charge in [0.05, 0.1) is 11.6 Å². The van der Waals surface area contributed by atoms with Crippen LogP contribution in [0, 0.1) is 5.92 Å². The van der Waals surface area contributed by atoms with Gasteiger partial charge in [-0.15, -0.1) is 0 Å². The van der Waals surface area contributed by atoms with Gasteiger partial charge in [-0.3, -0.25) is 4.79 Å². The summed E-state index contributed by atoms with van der Waals surface area (Å²) in [5.41, 5.74) is 5.83. The second-order valence-electron chi connectivity index (χ2n) is 6.51. The Hall–Kier alpha value is -2.74. The van der Waals surface area contributed by atoms with Crippen LogP contribution in [-0.4, -0.2) is 30.1 Å². The van der Waals surface area contributed by atoms with Gasteiger partial charge in [-0.2, -0.15) is 0 Å². The second-order valence-corrected chi connectivity index (χ2v) is 7.35. The van der Waals surface area contributed by atoms with E-state index < -0.39 is 11.8 Å². The first kappa shape index (κ1) is 21.0. The van der Waals surface area contributed by atoms with Crippen molar-refractivity contribution in [3.05, 3.63) is 57.8 Å². The molecule has 0 saturated carbocycles. The monoisotopic (exact) mass is 436 g/mol. The summed E-state index contributed by atoms with van der Waals surface area (Å²) in [5.74, 6) is -0.258. The third-order valence-corrected chi connectivity index (χ3v) is 4.70. The Morgan fingerprint density at radius 3 is 2.69 bits per heavy atom. The van der Waals surface area contributed by atoms with Gasteiger partial charge in [0.15, 0.2) is 5.76 Å². The number of urea groups is 1. The molecule has 0 saturated heterocycles. The van der Waals surface area contributed by atoms with Gasteiger partial charge in [-0.25, -0.2) is 4.79 Å². The number of ether oxygens (including phenoxy) is 1. The van der Waals surface area contributed by atoms with Gasteiger partial charge in [0, 0.05) is 34.6 Å². The molecule has 1 aromatic heterocycles. The van der Waals surface area contributed by atoms with Crippen LogP contribution in [0.4, 0.5) is 10.5 Å². The number of furan rings is 1. The van der Waals surface area contributed by atoms with Gasteiger partial charge >= 0.3 is 6.03 Å². The number of carbonyl (C=O) groups is 2. The molecule has 0 aliphatic heterocycles. The standard InChI is InChI=1S/C20H18Cl2N2O5/c1-10(8-25)9-28-12-3-4-13-16(7-12)29-19(17(13)24-20(23)27)18(26)14-6-11(21)2-5-15(14)22/h2-7,10,25H,8-9H2,1H3,(H3,23,24,27). The lowest BCUT2D eigenvalue weighted by Crippen LogP contribution is -2.20. The predicted octanol–water partition coefficient (Wildman–Crippen LogP) is 4.47. The summed E-state index contributed by atoms with van der Waals surface area (Å²) in [5, 5.41) is 12.5. The van der Waals surface area contributed by atoms with Crippen LogP contribution < -0.4 is 15.8 Å². The van der Waals surface area contributed by atoms with Gasteiger partial charge in [-0.05, 0) is 30.3 Å². The highest BCUT2D eigenvalue weighted by Crippen LogP contribution is 2.36. The molecule has 0 aliphatic carbocycles. The molecule has 0 spiro atoms. The molecule has 1 unspecified atom stereocenters. The summed E-state index contributed by atoms with van der Waals surface area (Å²) in [6.07, 6.45) is 0. The number of nitrogens with two attached hydrogens (primary N) is 1. The maximum absolute atomic E-state index is 13.0. The highest BCUT2D eigenvalue weighted by Gasteiger charge is 2.25. The maximum Gasteiger partial charge on any atom is 0.316 e. The van der Waals surface area contributed by atoms with Crippen LogP contribution in [0.1, 0.15) is 23.0 Å². The maximum atomic E-state index is 13.0. The molecule has 0 bridgehead atoms. The van der Waals surface area contributed by atoms with Gasteiger partial charge in [0.25, 0.3) is 0 Å². The molecule has 4 N–H and O–H groups in total. The van der Waals surface area contributed by atoms with Crippen molar-refractivity contribution in [1.82, 2.24) is 0 Å². The lowest BCUT2D eigenvalue weighted by Gasteiger charge is -2.10. The van der Waals surface area contributed by atoms with Crippen molar-refractivity contribution in [1.29, 1.82) is 0 Å². The van der Waals surface area contributed by atoms with Crippen LogP contribution in [0.5, 0.6) is 5.75 Å². The van der Waals surface area contributed by atoms with E-state index in [1.54, 1.807) is 24.3 Å². The van der Waals surface area contributed by atoms with Crippen molar-refractivity contribution < 1.29 is 23.8 Å². The fourth-order valence-corrected chi connectivity index (χ4v) is 3.03. The van der Waals surface area contributed by atoms with E-state index in [1.165, 1.54) is 12.1 Å². The number of aliphatic hydroxyl groups is 1. The Bertz CT molecular complexity index is 1080. The summed E-state index contributed by atoms with van der Waals surface area (Å²) >= 11 is 12.1. The number of ketones is 1. The summed E-state index contributed by atoms with van der Waals surface area (Å²) in [6, 6.07) is 8.50. The van der Waals surface area contributed by atoms with Gasteiger partial charge in [0.1, 0.15) is 17.0 Å². The normalized spacial score (nSPS) is 12.0. The second kappa shape index (κ2) is 8.73. The van der Waals surface area contributed by atoms with Crippen LogP contribution >= 0.6 is 23.2 Å². The minimum atomic E-state index is -0.851. The molecular formula is C20H18Cl2N2O5. The number of aliphatic hydroxyl groups excluding tert-OH is 1. The van der Waals surface area contributed by atoms with Crippen LogP contribution in [0.2, 0.25) is 10.0 Å². The first-order chi connectivity index (χ1) is 13.8. The lowest BCUT2D eigenvalue weighted by molar-refractivity contribution is 0.101. The number of primary amides is 1. The van der Waals surface area contributed by atoms with Crippen LogP contribution in [0.25, 0.3) is 11.0 Å². The van der Waals surface area contributed by atoms with E-state index in [0.29, 0.717) is 28.3 Å². The van der Waals surface area contributed by atoms with Crippen molar-refractivity contribution in [3.8, 4) is 5.75 Å². The molecule has 0 radical (unpaired) electrons. The first-order valence-corrected chi connectivity index (χ1v) is 9.42. The Balaban J connectivity index is 2.06. The number of anilines is 1. The largest absolute Gasteiger partial charge is 0.493 e. The van der Waals surface area contributed by atoms with E-state index in [-0.39, 0.29) is 34.6 Å². The smallest absolute Gasteiger partial charge is 0.316 e. The van der Waals surface area contributed by atoms with E-state index >= 15 is 0 Å². The molecule has 1 heterocycles. The third-order valence-electron chi connectivity index (χ3n) is 4.14. The molecule has 9 heteroatoms. The van der Waals surface area contributed by atoms with Crippen LogP contribution in [-0.2, 0) is 0 Å². The van der Waals surface area contributed by atoms with Crippen LogP contribution in [0.3, 0.4) is 0 Å². The Morgan fingerprint density at radius 2 is 2.00 bits per heavy atom. The number of fused-ring (bicyclic) bond motifs is 1. The number of hydrogen-bond donors (Lipinski definition) is 3. The van der Waals surface area contributed by atoms with E-state index in [0.717, 1.165) is 0 Å². The van der Waals surface area contributed by atoms with Crippen molar-refractivity contribution in [2.24, 2.45) is 11.7 Å². The molecule has 3 aromatic rings. The van der Waals surface area contributed by atoms with Crippen molar-refractivity contribution in [2.45, 2.75) is 6.92 Å². The topological polar surface area (TPSA) is 115 Å². The molecular weight excluding hydrogens is 419 g/mol. The molecule has 0 fully saturated rings. The SMILES string of the molecule is CC(CO)COc1ccc2c(NC(N)=O)c(C(=O)c3cc(Cl)ccc3Cl)oc2c1. The number of hydrogen-bond acceptors (Lipinski definition) is 5. The lowest BCUT2D eigenvalue weighted by atomic mass is 10.1. The van der Waals surface area contributed by atoms with Crippen molar-refractivity contribution in [2.75, 3.05) is 18.5 Å². The fourth-order valence-electron chi connectivity index (χ4n) is 2.66. The summed E-state index contributed by atoms with van der Waals surface area (Å²) in [4.78, 5) is 24.5. The summed E-state index contributed by atoms with van der Waals surface area (Å²) in [7, 11) is 0. The van der Waals surface area contributed by atoms with E-state index in [4.69, 9.17) is 43.2 Å². The summed E-state index contributed by atoms with van der Waals surface area (Å²) < 4.78 is 11.4. The first-order valence-electron chi connectivity index (χ1n) is 8.66. The molecule has 3 rings (SSSR count). The molecule has 7 nitrogen and oxygen atoms in total. The molecule has 0 aliphatic rings. The zero-order chi connectivity index (χ0) is 21.1. The summed E-state index contributed by atoms with van der Waals surface area (Å²) in [6.45, 7) is 2.14. The zero-order valence-corrected chi connectivity index (χ0v) is 16.9. The van der Waals surface area contributed by atoms with Gasteiger partial charge < -0.3 is 25.3 Å². The molecule has 152 valence electrons. The predicted molar refractivity (Wildman–Crippen MR) is 111 cm³/mol. The number of nitrogens with one attached hydrogen (secondary N) is 1. The number of halogens is 2. The van der Waals surface area contributed by atoms with E-state index in [9.17, 15) is 9.59 Å². The van der Waals surface area contributed by atoms with Gasteiger partial charge in [0.2, 0.25) is 5.78 Å². The fraction of sp³-hybridized carbons (Fsp3) is 0.200. The molecule has 2 aromatic carbocycles. The Labute approximate surface area is 176 Å². The van der Waals surface area contributed by atoms with Gasteiger partial charge in [-0.1, -0.05) is 30.1 Å². The number of carbonyl (C=O) groups excluding carboxylic acids is 2. The highest BCUT2D eigenvalue weighted by atomic mass is 35.5. The van der Waals surface area contributed by atoms with Crippen molar-refractivity contribution in [3.63, 3.8) is 0 Å². The molecule has 2 amide bonds. The minimum Gasteiger partial charge on any atom is -0.493 e. The quantitative estimate of drug-likeness (QED) is 0.472. The average molecular weight is 437 g/mol.